The van der Waals surface area contributed by atoms with Gasteiger partial charge in [0.1, 0.15) is 29.9 Å². The number of hydrogen-bond acceptors (Lipinski definition) is 8. The van der Waals surface area contributed by atoms with Crippen molar-refractivity contribution >= 4 is 35.3 Å². The van der Waals surface area contributed by atoms with E-state index in [-0.39, 0.29) is 35.3 Å². The first-order valence-corrected chi connectivity index (χ1v) is 20.1. The molecule has 5 amide bonds. The molecule has 3 N–H and O–H groups in total. The quantitative estimate of drug-likeness (QED) is 0.239. The van der Waals surface area contributed by atoms with E-state index in [4.69, 9.17) is 0 Å². The van der Waals surface area contributed by atoms with Gasteiger partial charge in [-0.2, -0.15) is 0 Å². The SMILES string of the molecule is CCC[C@@H](C(=O)C(=O)N[C@@H](C)c1ccccc1)N1CC[C@H]2CN(C(=O)[C@@H](NC(=O)[C@H](CC3CCCCC3)NC(=O)c3cnccn3)C(C)(C)C)[C@H](C1=O)[C@H]2C. The molecular weight excluding hydrogens is 699 g/mol. The lowest BCUT2D eigenvalue weighted by Crippen LogP contribution is -2.62. The molecule has 2 saturated heterocycles. The molecule has 7 atom stereocenters. The van der Waals surface area contributed by atoms with E-state index in [0.717, 1.165) is 37.7 Å². The second-order valence-corrected chi connectivity index (χ2v) is 16.8. The van der Waals surface area contributed by atoms with Crippen LogP contribution in [0.2, 0.25) is 0 Å². The number of carbonyl (C=O) groups excluding carboxylic acids is 6. The molecule has 5 rings (SSSR count). The number of amides is 5. The average Bonchev–Trinajstić information content (AvgIpc) is 3.45. The summed E-state index contributed by atoms with van der Waals surface area (Å²) in [6.07, 6.45) is 11.3. The summed E-state index contributed by atoms with van der Waals surface area (Å²) in [6.45, 7) is 11.9. The van der Waals surface area contributed by atoms with Gasteiger partial charge in [0.25, 0.3) is 11.8 Å². The molecule has 13 nitrogen and oxygen atoms in total. The van der Waals surface area contributed by atoms with E-state index in [9.17, 15) is 28.8 Å². The molecule has 13 heteroatoms. The Morgan fingerprint density at radius 1 is 0.945 bits per heavy atom. The van der Waals surface area contributed by atoms with Gasteiger partial charge in [0.05, 0.1) is 12.2 Å². The maximum atomic E-state index is 14.7. The summed E-state index contributed by atoms with van der Waals surface area (Å²) in [4.78, 5) is 95.2. The van der Waals surface area contributed by atoms with Crippen LogP contribution in [0.3, 0.4) is 0 Å². The van der Waals surface area contributed by atoms with E-state index >= 15 is 0 Å². The normalized spacial score (nSPS) is 22.5. The lowest BCUT2D eigenvalue weighted by molar-refractivity contribution is -0.153. The Balaban J connectivity index is 1.35. The van der Waals surface area contributed by atoms with E-state index in [0.29, 0.717) is 38.8 Å². The second-order valence-electron chi connectivity index (χ2n) is 16.8. The van der Waals surface area contributed by atoms with Crippen LogP contribution < -0.4 is 16.0 Å². The van der Waals surface area contributed by atoms with Crippen molar-refractivity contribution in [3.05, 3.63) is 60.2 Å². The number of nitrogens with one attached hydrogen (secondary N) is 3. The molecule has 1 aliphatic carbocycles. The molecule has 3 aliphatic rings. The molecule has 1 aromatic carbocycles. The van der Waals surface area contributed by atoms with Crippen LogP contribution in [0.25, 0.3) is 0 Å². The van der Waals surface area contributed by atoms with Gasteiger partial charge in [0.2, 0.25) is 23.5 Å². The molecule has 2 aliphatic heterocycles. The Hall–Kier alpha value is -4.68. The molecule has 55 heavy (non-hydrogen) atoms. The zero-order valence-electron chi connectivity index (χ0n) is 33.3. The largest absolute Gasteiger partial charge is 0.343 e. The minimum atomic E-state index is -1.02. The number of rotatable bonds is 14. The third-order valence-corrected chi connectivity index (χ3v) is 11.8. The number of benzene rings is 1. The van der Waals surface area contributed by atoms with Crippen molar-refractivity contribution in [3.8, 4) is 0 Å². The van der Waals surface area contributed by atoms with Crippen LogP contribution in [-0.4, -0.2) is 92.3 Å². The summed E-state index contributed by atoms with van der Waals surface area (Å²) in [5, 5.41) is 8.70. The molecule has 2 aromatic rings. The van der Waals surface area contributed by atoms with Gasteiger partial charge in [-0.05, 0) is 54.9 Å². The molecule has 3 heterocycles. The summed E-state index contributed by atoms with van der Waals surface area (Å²) in [5.41, 5.74) is 0.188. The van der Waals surface area contributed by atoms with Crippen molar-refractivity contribution in [1.82, 2.24) is 35.7 Å². The van der Waals surface area contributed by atoms with E-state index in [1.165, 1.54) is 23.5 Å². The fraction of sp³-hybridized carbons (Fsp3) is 0.619. The number of fused-ring (bicyclic) bond motifs is 2. The number of Topliss-reactive ketones (excluding diaryl/α,β-unsaturated/α-hetero) is 1. The summed E-state index contributed by atoms with van der Waals surface area (Å²) < 4.78 is 0. The van der Waals surface area contributed by atoms with Crippen molar-refractivity contribution in [2.24, 2.45) is 23.2 Å². The molecule has 1 saturated carbocycles. The summed E-state index contributed by atoms with van der Waals surface area (Å²) in [5.74, 6) is -3.14. The Labute approximate surface area is 325 Å². The average molecular weight is 758 g/mol. The highest BCUT2D eigenvalue weighted by molar-refractivity contribution is 6.38. The van der Waals surface area contributed by atoms with Gasteiger partial charge in [-0.25, -0.2) is 4.98 Å². The highest BCUT2D eigenvalue weighted by Gasteiger charge is 2.53. The van der Waals surface area contributed by atoms with Gasteiger partial charge in [0.15, 0.2) is 0 Å². The van der Waals surface area contributed by atoms with Gasteiger partial charge in [0, 0.05) is 25.5 Å². The predicted molar refractivity (Wildman–Crippen MR) is 207 cm³/mol. The molecular formula is C42H59N7O6. The van der Waals surface area contributed by atoms with Crippen molar-refractivity contribution in [2.75, 3.05) is 13.1 Å². The van der Waals surface area contributed by atoms with Gasteiger partial charge >= 0.3 is 0 Å². The minimum Gasteiger partial charge on any atom is -0.343 e. The van der Waals surface area contributed by atoms with E-state index < -0.39 is 59.1 Å². The lowest BCUT2D eigenvalue weighted by atomic mass is 9.83. The van der Waals surface area contributed by atoms with Crippen LogP contribution in [0.5, 0.6) is 0 Å². The Kier molecular flexibility index (Phi) is 13.8. The summed E-state index contributed by atoms with van der Waals surface area (Å²) in [7, 11) is 0. The van der Waals surface area contributed by atoms with Gasteiger partial charge in [-0.15, -0.1) is 0 Å². The van der Waals surface area contributed by atoms with Gasteiger partial charge in [-0.1, -0.05) is 103 Å². The van der Waals surface area contributed by atoms with Gasteiger partial charge < -0.3 is 25.8 Å². The van der Waals surface area contributed by atoms with Crippen LogP contribution in [-0.2, 0) is 24.0 Å². The van der Waals surface area contributed by atoms with Crippen molar-refractivity contribution in [2.45, 2.75) is 130 Å². The van der Waals surface area contributed by atoms with E-state index in [1.54, 1.807) is 4.90 Å². The first kappa shape index (κ1) is 41.5. The van der Waals surface area contributed by atoms with E-state index in [1.807, 2.05) is 71.9 Å². The third-order valence-electron chi connectivity index (χ3n) is 11.8. The Bertz CT molecular complexity index is 1680. The maximum Gasteiger partial charge on any atom is 0.290 e. The molecule has 0 unspecified atom stereocenters. The molecule has 2 bridgehead atoms. The third kappa shape index (κ3) is 9.96. The minimum absolute atomic E-state index is 0.0196. The number of nitrogens with zero attached hydrogens (tertiary/aromatic N) is 4. The standard InChI is InChI=1S/C42H59N7O6/c1-7-14-33(35(50)39(53)45-27(3)29-17-12-9-13-18-29)48-22-19-30-25-49(34(26(30)2)40(48)54)41(55)36(42(4,5)6)47-37(51)31(23-28-15-10-8-11-16-28)46-38(52)32-24-43-20-21-44-32/h9,12-13,17-18,20-21,24,26-28,30-31,33-34,36H,7-8,10-11,14-16,19,22-23,25H2,1-6H3,(H,45,53)(H,46,52)(H,47,51)/t26-,27-,30-,31-,33-,34-,36+/m0/s1. The highest BCUT2D eigenvalue weighted by atomic mass is 16.2. The zero-order valence-corrected chi connectivity index (χ0v) is 33.3. The number of likely N-dealkylation sites (tertiary alicyclic amines) is 2. The molecule has 0 spiro atoms. The van der Waals surface area contributed by atoms with Crippen molar-refractivity contribution in [3.63, 3.8) is 0 Å². The maximum absolute atomic E-state index is 14.7. The van der Waals surface area contributed by atoms with Crippen molar-refractivity contribution < 1.29 is 28.8 Å². The number of carbonyl (C=O) groups is 6. The van der Waals surface area contributed by atoms with E-state index in [2.05, 4.69) is 25.9 Å². The van der Waals surface area contributed by atoms with Crippen molar-refractivity contribution in [1.29, 1.82) is 0 Å². The molecule has 298 valence electrons. The topological polar surface area (TPSA) is 171 Å². The Morgan fingerprint density at radius 2 is 1.65 bits per heavy atom. The van der Waals surface area contributed by atoms with Crippen LogP contribution in [0, 0.1) is 23.2 Å². The summed E-state index contributed by atoms with van der Waals surface area (Å²) >= 11 is 0. The predicted octanol–water partition coefficient (Wildman–Crippen LogP) is 4.39. The smallest absolute Gasteiger partial charge is 0.290 e. The number of hydrogen-bond donors (Lipinski definition) is 3. The lowest BCUT2D eigenvalue weighted by Gasteiger charge is -2.39. The molecule has 1 aromatic heterocycles. The number of ketones is 1. The highest BCUT2D eigenvalue weighted by Crippen LogP contribution is 2.39. The second kappa shape index (κ2) is 18.3. The molecule has 3 fully saturated rings. The molecule has 0 radical (unpaired) electrons. The monoisotopic (exact) mass is 757 g/mol. The first-order chi connectivity index (χ1) is 26.2. The van der Waals surface area contributed by atoms with Crippen LogP contribution in [0.1, 0.15) is 121 Å². The fourth-order valence-electron chi connectivity index (χ4n) is 8.55. The zero-order chi connectivity index (χ0) is 39.9. The number of aromatic nitrogens is 2. The van der Waals surface area contributed by atoms with Crippen LogP contribution in [0.15, 0.2) is 48.9 Å². The fourth-order valence-corrected chi connectivity index (χ4v) is 8.55. The van der Waals surface area contributed by atoms with Crippen LogP contribution in [0.4, 0.5) is 0 Å². The van der Waals surface area contributed by atoms with Gasteiger partial charge in [-0.3, -0.25) is 33.8 Å². The summed E-state index contributed by atoms with van der Waals surface area (Å²) in [6, 6.07) is 5.18. The van der Waals surface area contributed by atoms with Crippen LogP contribution >= 0.6 is 0 Å². The first-order valence-electron chi connectivity index (χ1n) is 20.1. The Morgan fingerprint density at radius 3 is 2.29 bits per heavy atom.